The summed E-state index contributed by atoms with van der Waals surface area (Å²) < 4.78 is 0. The molecule has 2 aromatic rings. The highest BCUT2D eigenvalue weighted by atomic mass is 32.2. The number of unbranched alkanes of at least 4 members (excludes halogenated alkanes) is 1. The number of rotatable bonds is 5. The summed E-state index contributed by atoms with van der Waals surface area (Å²) in [6.45, 7) is 0.804. The molecule has 16 heavy (non-hydrogen) atoms. The van der Waals surface area contributed by atoms with Gasteiger partial charge in [0, 0.05) is 4.90 Å². The lowest BCUT2D eigenvalue weighted by Crippen LogP contribution is -1.98. The Morgan fingerprint density at radius 3 is 2.56 bits per heavy atom. The highest BCUT2D eigenvalue weighted by molar-refractivity contribution is 7.99. The molecule has 2 aromatic carbocycles. The monoisotopic (exact) mass is 231 g/mol. The van der Waals surface area contributed by atoms with E-state index in [1.54, 1.807) is 0 Å². The summed E-state index contributed by atoms with van der Waals surface area (Å²) in [5.74, 6) is 1.16. The second kappa shape index (κ2) is 5.92. The SMILES string of the molecule is NCCCCSc1ccc2ccccc2c1. The molecular weight excluding hydrogens is 214 g/mol. The van der Waals surface area contributed by atoms with Gasteiger partial charge in [-0.05, 0) is 48.0 Å². The van der Waals surface area contributed by atoms with Gasteiger partial charge in [0.05, 0.1) is 0 Å². The van der Waals surface area contributed by atoms with Gasteiger partial charge in [0.2, 0.25) is 0 Å². The van der Waals surface area contributed by atoms with Crippen LogP contribution in [0, 0.1) is 0 Å². The molecule has 0 radical (unpaired) electrons. The van der Waals surface area contributed by atoms with Crippen molar-refractivity contribution in [3.05, 3.63) is 42.5 Å². The standard InChI is InChI=1S/C14H17NS/c15-9-3-4-10-16-14-8-7-12-5-1-2-6-13(12)11-14/h1-2,5-8,11H,3-4,9-10,15H2. The topological polar surface area (TPSA) is 26.0 Å². The number of thioether (sulfide) groups is 1. The van der Waals surface area contributed by atoms with Crippen LogP contribution in [0.2, 0.25) is 0 Å². The van der Waals surface area contributed by atoms with Crippen LogP contribution in [-0.2, 0) is 0 Å². The fraction of sp³-hybridized carbons (Fsp3) is 0.286. The molecule has 0 aliphatic heterocycles. The van der Waals surface area contributed by atoms with E-state index >= 15 is 0 Å². The van der Waals surface area contributed by atoms with Gasteiger partial charge in [-0.3, -0.25) is 0 Å². The summed E-state index contributed by atoms with van der Waals surface area (Å²) in [5.41, 5.74) is 5.47. The molecule has 0 spiro atoms. The number of hydrogen-bond acceptors (Lipinski definition) is 2. The van der Waals surface area contributed by atoms with Gasteiger partial charge in [0.15, 0.2) is 0 Å². The Kier molecular flexibility index (Phi) is 4.25. The molecule has 0 atom stereocenters. The molecule has 1 nitrogen and oxygen atoms in total. The first-order valence-electron chi connectivity index (χ1n) is 5.72. The van der Waals surface area contributed by atoms with Crippen molar-refractivity contribution in [3.8, 4) is 0 Å². The third kappa shape index (κ3) is 3.00. The van der Waals surface area contributed by atoms with Gasteiger partial charge in [-0.2, -0.15) is 0 Å². The Hall–Kier alpha value is -0.990. The van der Waals surface area contributed by atoms with Crippen molar-refractivity contribution < 1.29 is 0 Å². The van der Waals surface area contributed by atoms with Crippen LogP contribution in [0.5, 0.6) is 0 Å². The Morgan fingerprint density at radius 1 is 0.938 bits per heavy atom. The summed E-state index contributed by atoms with van der Waals surface area (Å²) in [6, 6.07) is 15.2. The zero-order valence-corrected chi connectivity index (χ0v) is 10.2. The lowest BCUT2D eigenvalue weighted by Gasteiger charge is -2.03. The van der Waals surface area contributed by atoms with E-state index in [2.05, 4.69) is 42.5 Å². The zero-order chi connectivity index (χ0) is 11.2. The van der Waals surface area contributed by atoms with Crippen molar-refractivity contribution in [2.24, 2.45) is 5.73 Å². The predicted molar refractivity (Wildman–Crippen MR) is 73.0 cm³/mol. The molecule has 0 heterocycles. The number of fused-ring (bicyclic) bond motifs is 1. The average molecular weight is 231 g/mol. The van der Waals surface area contributed by atoms with E-state index in [4.69, 9.17) is 5.73 Å². The Labute approximate surface area is 101 Å². The van der Waals surface area contributed by atoms with Crippen molar-refractivity contribution in [1.82, 2.24) is 0 Å². The second-order valence-electron chi connectivity index (χ2n) is 3.85. The van der Waals surface area contributed by atoms with Crippen molar-refractivity contribution in [1.29, 1.82) is 0 Å². The first-order valence-corrected chi connectivity index (χ1v) is 6.70. The van der Waals surface area contributed by atoms with E-state index in [-0.39, 0.29) is 0 Å². The minimum Gasteiger partial charge on any atom is -0.330 e. The Balaban J connectivity index is 2.02. The molecule has 0 amide bonds. The van der Waals surface area contributed by atoms with Crippen molar-refractivity contribution >= 4 is 22.5 Å². The first kappa shape index (κ1) is 11.5. The van der Waals surface area contributed by atoms with Crippen LogP contribution in [0.3, 0.4) is 0 Å². The first-order chi connectivity index (χ1) is 7.90. The van der Waals surface area contributed by atoms with E-state index in [0.717, 1.165) is 18.7 Å². The third-order valence-electron chi connectivity index (χ3n) is 2.59. The summed E-state index contributed by atoms with van der Waals surface area (Å²) in [5, 5.41) is 2.64. The molecule has 2 heteroatoms. The molecule has 0 aliphatic rings. The maximum absolute atomic E-state index is 5.47. The van der Waals surface area contributed by atoms with Gasteiger partial charge >= 0.3 is 0 Å². The van der Waals surface area contributed by atoms with Gasteiger partial charge < -0.3 is 5.73 Å². The van der Waals surface area contributed by atoms with Gasteiger partial charge in [-0.15, -0.1) is 11.8 Å². The summed E-state index contributed by atoms with van der Waals surface area (Å²) in [7, 11) is 0. The van der Waals surface area contributed by atoms with Gasteiger partial charge in [-0.1, -0.05) is 30.3 Å². The van der Waals surface area contributed by atoms with Crippen LogP contribution < -0.4 is 5.73 Å². The fourth-order valence-electron chi connectivity index (χ4n) is 1.69. The Morgan fingerprint density at radius 2 is 1.75 bits per heavy atom. The van der Waals surface area contributed by atoms with Crippen LogP contribution in [-0.4, -0.2) is 12.3 Å². The van der Waals surface area contributed by atoms with Gasteiger partial charge in [-0.25, -0.2) is 0 Å². The van der Waals surface area contributed by atoms with Crippen molar-refractivity contribution in [2.75, 3.05) is 12.3 Å². The zero-order valence-electron chi connectivity index (χ0n) is 9.36. The maximum atomic E-state index is 5.47. The molecule has 0 fully saturated rings. The highest BCUT2D eigenvalue weighted by Crippen LogP contribution is 2.24. The molecule has 2 N–H and O–H groups in total. The van der Waals surface area contributed by atoms with Crippen LogP contribution in [0.25, 0.3) is 10.8 Å². The summed E-state index contributed by atoms with van der Waals surface area (Å²) >= 11 is 1.92. The van der Waals surface area contributed by atoms with E-state index in [0.29, 0.717) is 0 Å². The van der Waals surface area contributed by atoms with Crippen LogP contribution in [0.1, 0.15) is 12.8 Å². The Bertz CT molecular complexity index is 453. The normalized spacial score (nSPS) is 10.8. The molecule has 0 aliphatic carbocycles. The maximum Gasteiger partial charge on any atom is 0.00783 e. The largest absolute Gasteiger partial charge is 0.330 e. The molecule has 84 valence electrons. The molecule has 0 unspecified atom stereocenters. The van der Waals surface area contributed by atoms with Crippen molar-refractivity contribution in [2.45, 2.75) is 17.7 Å². The third-order valence-corrected chi connectivity index (χ3v) is 3.67. The minimum absolute atomic E-state index is 0.804. The number of nitrogens with two attached hydrogens (primary N) is 1. The summed E-state index contributed by atoms with van der Waals surface area (Å²) in [4.78, 5) is 1.36. The molecule has 0 saturated carbocycles. The fourth-order valence-corrected chi connectivity index (χ4v) is 2.65. The molecule has 0 saturated heterocycles. The van der Waals surface area contributed by atoms with E-state index < -0.39 is 0 Å². The summed E-state index contributed by atoms with van der Waals surface area (Å²) in [6.07, 6.45) is 2.33. The van der Waals surface area contributed by atoms with Crippen molar-refractivity contribution in [3.63, 3.8) is 0 Å². The quantitative estimate of drug-likeness (QED) is 0.627. The lowest BCUT2D eigenvalue weighted by atomic mass is 10.1. The second-order valence-corrected chi connectivity index (χ2v) is 5.02. The number of hydrogen-bond donors (Lipinski definition) is 1. The van der Waals surface area contributed by atoms with Crippen LogP contribution >= 0.6 is 11.8 Å². The highest BCUT2D eigenvalue weighted by Gasteiger charge is 1.96. The molecule has 0 aromatic heterocycles. The molecule has 0 bridgehead atoms. The smallest absolute Gasteiger partial charge is 0.00783 e. The van der Waals surface area contributed by atoms with E-state index in [1.807, 2.05) is 11.8 Å². The van der Waals surface area contributed by atoms with Crippen LogP contribution in [0.4, 0.5) is 0 Å². The van der Waals surface area contributed by atoms with Crippen LogP contribution in [0.15, 0.2) is 47.4 Å². The molecule has 2 rings (SSSR count). The minimum atomic E-state index is 0.804. The van der Waals surface area contributed by atoms with E-state index in [1.165, 1.54) is 22.1 Å². The van der Waals surface area contributed by atoms with Gasteiger partial charge in [0.1, 0.15) is 0 Å². The number of benzene rings is 2. The van der Waals surface area contributed by atoms with E-state index in [9.17, 15) is 0 Å². The lowest BCUT2D eigenvalue weighted by molar-refractivity contribution is 0.814. The predicted octanol–water partition coefficient (Wildman–Crippen LogP) is 3.67. The van der Waals surface area contributed by atoms with Gasteiger partial charge in [0.25, 0.3) is 0 Å². The molecular formula is C14H17NS. The average Bonchev–Trinajstić information content (AvgIpc) is 2.34.